The summed E-state index contributed by atoms with van der Waals surface area (Å²) in [6.45, 7) is 1.75. The predicted octanol–water partition coefficient (Wildman–Crippen LogP) is 1.65. The number of aliphatic hydroxyl groups excluding tert-OH is 1. The molecule has 0 aliphatic heterocycles. The third-order valence-corrected chi connectivity index (χ3v) is 4.54. The number of anilines is 2. The standard InChI is InChI=1S/C20H19FN4O3/c1-4-13-6-7-15(14(21)10-13)23-17-12(2)19(27)24(3)18-16(17)20(28)25(11-22-18)8-5-9-26/h1,6-7,10-11,23,26H,5,8-9H2,2-3H3. The van der Waals surface area contributed by atoms with Gasteiger partial charge >= 0.3 is 0 Å². The zero-order valence-electron chi connectivity index (χ0n) is 15.5. The summed E-state index contributed by atoms with van der Waals surface area (Å²) >= 11 is 0. The Labute approximate surface area is 160 Å². The molecule has 0 aliphatic rings. The van der Waals surface area contributed by atoms with E-state index in [1.54, 1.807) is 13.0 Å². The Kier molecular flexibility index (Phi) is 5.29. The molecule has 28 heavy (non-hydrogen) atoms. The topological polar surface area (TPSA) is 89.2 Å². The minimum Gasteiger partial charge on any atom is -0.396 e. The van der Waals surface area contributed by atoms with Crippen LogP contribution in [0.5, 0.6) is 0 Å². The normalized spacial score (nSPS) is 10.8. The summed E-state index contributed by atoms with van der Waals surface area (Å²) in [7, 11) is 1.52. The molecule has 0 atom stereocenters. The number of terminal acetylenes is 1. The summed E-state index contributed by atoms with van der Waals surface area (Å²) in [5.74, 6) is 1.74. The van der Waals surface area contributed by atoms with Crippen LogP contribution in [-0.4, -0.2) is 25.8 Å². The van der Waals surface area contributed by atoms with Gasteiger partial charge in [0.05, 0.1) is 17.7 Å². The second kappa shape index (κ2) is 7.66. The quantitative estimate of drug-likeness (QED) is 0.655. The number of aromatic nitrogens is 3. The van der Waals surface area contributed by atoms with Crippen LogP contribution in [0.3, 0.4) is 0 Å². The first kappa shape index (κ1) is 19.3. The van der Waals surface area contributed by atoms with Gasteiger partial charge in [0.25, 0.3) is 11.1 Å². The number of rotatable bonds is 5. The van der Waals surface area contributed by atoms with E-state index in [1.165, 1.54) is 34.6 Å². The lowest BCUT2D eigenvalue weighted by Gasteiger charge is -2.16. The van der Waals surface area contributed by atoms with Crippen LogP contribution < -0.4 is 16.4 Å². The maximum Gasteiger partial charge on any atom is 0.264 e. The second-order valence-electron chi connectivity index (χ2n) is 6.35. The van der Waals surface area contributed by atoms with Crippen LogP contribution in [0.2, 0.25) is 0 Å². The third kappa shape index (κ3) is 3.28. The minimum atomic E-state index is -0.604. The van der Waals surface area contributed by atoms with Gasteiger partial charge in [0.2, 0.25) is 0 Å². The van der Waals surface area contributed by atoms with E-state index >= 15 is 0 Å². The largest absolute Gasteiger partial charge is 0.396 e. The Morgan fingerprint density at radius 2 is 2.07 bits per heavy atom. The van der Waals surface area contributed by atoms with Crippen molar-refractivity contribution in [3.8, 4) is 12.3 Å². The number of hydrogen-bond donors (Lipinski definition) is 2. The smallest absolute Gasteiger partial charge is 0.264 e. The van der Waals surface area contributed by atoms with Gasteiger partial charge in [0.1, 0.15) is 11.2 Å². The van der Waals surface area contributed by atoms with Crippen LogP contribution in [0.15, 0.2) is 34.1 Å². The van der Waals surface area contributed by atoms with Crippen molar-refractivity contribution in [2.45, 2.75) is 19.9 Å². The maximum absolute atomic E-state index is 14.4. The maximum atomic E-state index is 14.4. The zero-order valence-corrected chi connectivity index (χ0v) is 15.5. The molecule has 0 amide bonds. The summed E-state index contributed by atoms with van der Waals surface area (Å²) in [5, 5.41) is 12.1. The molecule has 0 spiro atoms. The van der Waals surface area contributed by atoms with Gasteiger partial charge in [-0.15, -0.1) is 6.42 Å². The molecule has 2 heterocycles. The van der Waals surface area contributed by atoms with E-state index in [-0.39, 0.29) is 52.2 Å². The van der Waals surface area contributed by atoms with Crippen LogP contribution in [0, 0.1) is 25.1 Å². The summed E-state index contributed by atoms with van der Waals surface area (Å²) in [4.78, 5) is 29.8. The van der Waals surface area contributed by atoms with Crippen molar-refractivity contribution in [1.82, 2.24) is 14.1 Å². The van der Waals surface area contributed by atoms with Gasteiger partial charge in [-0.1, -0.05) is 5.92 Å². The Balaban J connectivity index is 2.27. The molecule has 2 N–H and O–H groups in total. The third-order valence-electron chi connectivity index (χ3n) is 4.54. The van der Waals surface area contributed by atoms with Gasteiger partial charge in [0.15, 0.2) is 5.65 Å². The fourth-order valence-electron chi connectivity index (χ4n) is 2.99. The van der Waals surface area contributed by atoms with E-state index < -0.39 is 5.82 Å². The number of aliphatic hydroxyl groups is 1. The number of aryl methyl sites for hydroxylation is 2. The molecule has 0 saturated carbocycles. The van der Waals surface area contributed by atoms with Crippen molar-refractivity contribution >= 4 is 22.4 Å². The van der Waals surface area contributed by atoms with Crippen molar-refractivity contribution in [2.75, 3.05) is 11.9 Å². The number of halogens is 1. The summed E-state index contributed by atoms with van der Waals surface area (Å²) in [6.07, 6.45) is 6.99. The molecule has 8 heteroatoms. The molecule has 1 aromatic carbocycles. The van der Waals surface area contributed by atoms with E-state index in [1.807, 2.05) is 0 Å². The zero-order chi connectivity index (χ0) is 20.4. The van der Waals surface area contributed by atoms with Crippen molar-refractivity contribution in [3.05, 3.63) is 62.2 Å². The van der Waals surface area contributed by atoms with Crippen LogP contribution in [0.4, 0.5) is 15.8 Å². The van der Waals surface area contributed by atoms with Gasteiger partial charge < -0.3 is 10.4 Å². The van der Waals surface area contributed by atoms with Crippen molar-refractivity contribution < 1.29 is 9.50 Å². The average Bonchev–Trinajstić information content (AvgIpc) is 2.69. The Bertz CT molecular complexity index is 1220. The van der Waals surface area contributed by atoms with Crippen LogP contribution in [-0.2, 0) is 13.6 Å². The SMILES string of the molecule is C#Cc1ccc(Nc2c(C)c(=O)n(C)c3ncn(CCCO)c(=O)c23)c(F)c1. The molecule has 0 saturated heterocycles. The van der Waals surface area contributed by atoms with Crippen LogP contribution in [0.1, 0.15) is 17.5 Å². The molecular formula is C20H19FN4O3. The van der Waals surface area contributed by atoms with Gasteiger partial charge in [-0.3, -0.25) is 18.7 Å². The Hall–Kier alpha value is -3.44. The molecule has 3 rings (SSSR count). The van der Waals surface area contributed by atoms with Crippen LogP contribution in [0.25, 0.3) is 11.0 Å². The molecule has 7 nitrogen and oxygen atoms in total. The van der Waals surface area contributed by atoms with E-state index in [0.717, 1.165) is 0 Å². The number of nitrogens with one attached hydrogen (secondary N) is 1. The summed E-state index contributed by atoms with van der Waals surface area (Å²) < 4.78 is 17.0. The molecule has 2 aromatic heterocycles. The number of hydrogen-bond acceptors (Lipinski definition) is 5. The lowest BCUT2D eigenvalue weighted by molar-refractivity contribution is 0.279. The number of benzene rings is 1. The number of pyridine rings is 1. The molecule has 0 unspecified atom stereocenters. The van der Waals surface area contributed by atoms with Gasteiger partial charge in [0, 0.05) is 31.3 Å². The van der Waals surface area contributed by atoms with Crippen molar-refractivity contribution in [3.63, 3.8) is 0 Å². The predicted molar refractivity (Wildman–Crippen MR) is 105 cm³/mol. The second-order valence-corrected chi connectivity index (χ2v) is 6.35. The fourth-order valence-corrected chi connectivity index (χ4v) is 2.99. The number of fused-ring (bicyclic) bond motifs is 1. The first-order valence-electron chi connectivity index (χ1n) is 8.61. The average molecular weight is 382 g/mol. The van der Waals surface area contributed by atoms with E-state index in [4.69, 9.17) is 11.5 Å². The molecule has 3 aromatic rings. The Morgan fingerprint density at radius 3 is 2.71 bits per heavy atom. The minimum absolute atomic E-state index is 0.0748. The highest BCUT2D eigenvalue weighted by Crippen LogP contribution is 2.26. The first-order chi connectivity index (χ1) is 13.4. The molecule has 144 valence electrons. The highest BCUT2D eigenvalue weighted by molar-refractivity contribution is 5.92. The lowest BCUT2D eigenvalue weighted by atomic mass is 10.1. The highest BCUT2D eigenvalue weighted by atomic mass is 19.1. The van der Waals surface area contributed by atoms with E-state index in [2.05, 4.69) is 16.2 Å². The molecule has 0 bridgehead atoms. The van der Waals surface area contributed by atoms with Gasteiger partial charge in [-0.25, -0.2) is 9.37 Å². The first-order valence-corrected chi connectivity index (χ1v) is 8.61. The van der Waals surface area contributed by atoms with Crippen LogP contribution >= 0.6 is 0 Å². The molecule has 0 radical (unpaired) electrons. The lowest BCUT2D eigenvalue weighted by Crippen LogP contribution is -2.28. The summed E-state index contributed by atoms with van der Waals surface area (Å²) in [6, 6.07) is 4.20. The van der Waals surface area contributed by atoms with Gasteiger partial charge in [-0.2, -0.15) is 0 Å². The highest BCUT2D eigenvalue weighted by Gasteiger charge is 2.18. The number of nitrogens with zero attached hydrogens (tertiary/aromatic N) is 3. The van der Waals surface area contributed by atoms with E-state index in [0.29, 0.717) is 12.0 Å². The fraction of sp³-hybridized carbons (Fsp3) is 0.250. The van der Waals surface area contributed by atoms with E-state index in [9.17, 15) is 14.0 Å². The molecule has 0 fully saturated rings. The van der Waals surface area contributed by atoms with Crippen molar-refractivity contribution in [1.29, 1.82) is 0 Å². The monoisotopic (exact) mass is 382 g/mol. The van der Waals surface area contributed by atoms with Gasteiger partial charge in [-0.05, 0) is 31.5 Å². The van der Waals surface area contributed by atoms with Crippen molar-refractivity contribution in [2.24, 2.45) is 7.05 Å². The molecular weight excluding hydrogens is 363 g/mol. The summed E-state index contributed by atoms with van der Waals surface area (Å²) in [5.41, 5.74) is 0.360. The molecule has 0 aliphatic carbocycles. The Morgan fingerprint density at radius 1 is 1.32 bits per heavy atom.